The SMILES string of the molecule is COc1cc(CCNC(=O)NCc2ccccc2)c(OC)cc1C. The molecule has 2 aromatic carbocycles. The van der Waals surface area contributed by atoms with Gasteiger partial charge in [0.1, 0.15) is 11.5 Å². The van der Waals surface area contributed by atoms with Gasteiger partial charge in [0.15, 0.2) is 0 Å². The highest BCUT2D eigenvalue weighted by atomic mass is 16.5. The Kier molecular flexibility index (Phi) is 6.49. The number of carbonyl (C=O) groups is 1. The summed E-state index contributed by atoms with van der Waals surface area (Å²) in [5, 5.41) is 5.70. The largest absolute Gasteiger partial charge is 0.496 e. The number of benzene rings is 2. The number of amides is 2. The molecule has 128 valence electrons. The van der Waals surface area contributed by atoms with Crippen molar-refractivity contribution >= 4 is 6.03 Å². The molecule has 2 amide bonds. The first-order valence-electron chi connectivity index (χ1n) is 7.91. The molecule has 5 nitrogen and oxygen atoms in total. The number of aryl methyl sites for hydroxylation is 1. The molecular formula is C19H24N2O3. The van der Waals surface area contributed by atoms with Crippen molar-refractivity contribution in [2.24, 2.45) is 0 Å². The maximum Gasteiger partial charge on any atom is 0.315 e. The lowest BCUT2D eigenvalue weighted by molar-refractivity contribution is 0.240. The van der Waals surface area contributed by atoms with Crippen molar-refractivity contribution in [2.75, 3.05) is 20.8 Å². The molecule has 0 aliphatic rings. The van der Waals surface area contributed by atoms with Gasteiger partial charge >= 0.3 is 6.03 Å². The monoisotopic (exact) mass is 328 g/mol. The van der Waals surface area contributed by atoms with Crippen LogP contribution in [0.5, 0.6) is 11.5 Å². The van der Waals surface area contributed by atoms with Gasteiger partial charge in [-0.25, -0.2) is 4.79 Å². The minimum Gasteiger partial charge on any atom is -0.496 e. The number of rotatable bonds is 7. The lowest BCUT2D eigenvalue weighted by Gasteiger charge is -2.13. The summed E-state index contributed by atoms with van der Waals surface area (Å²) in [7, 11) is 3.29. The van der Waals surface area contributed by atoms with Gasteiger partial charge < -0.3 is 20.1 Å². The van der Waals surface area contributed by atoms with E-state index in [1.165, 1.54) is 0 Å². The quantitative estimate of drug-likeness (QED) is 0.821. The smallest absolute Gasteiger partial charge is 0.315 e. The Labute approximate surface area is 143 Å². The lowest BCUT2D eigenvalue weighted by atomic mass is 10.1. The number of ether oxygens (including phenoxy) is 2. The van der Waals surface area contributed by atoms with Crippen molar-refractivity contribution in [2.45, 2.75) is 19.9 Å². The van der Waals surface area contributed by atoms with Crippen molar-refractivity contribution in [1.29, 1.82) is 0 Å². The van der Waals surface area contributed by atoms with Crippen LogP contribution >= 0.6 is 0 Å². The van der Waals surface area contributed by atoms with Gasteiger partial charge in [0.25, 0.3) is 0 Å². The molecule has 0 heterocycles. The van der Waals surface area contributed by atoms with E-state index in [9.17, 15) is 4.79 Å². The average Bonchev–Trinajstić information content (AvgIpc) is 2.61. The van der Waals surface area contributed by atoms with E-state index in [2.05, 4.69) is 10.6 Å². The number of hydrogen-bond donors (Lipinski definition) is 2. The number of carbonyl (C=O) groups excluding carboxylic acids is 1. The van der Waals surface area contributed by atoms with Crippen LogP contribution in [0.4, 0.5) is 4.79 Å². The van der Waals surface area contributed by atoms with Gasteiger partial charge in [0, 0.05) is 13.1 Å². The molecule has 0 spiro atoms. The van der Waals surface area contributed by atoms with E-state index in [0.717, 1.165) is 28.2 Å². The topological polar surface area (TPSA) is 59.6 Å². The molecule has 5 heteroatoms. The van der Waals surface area contributed by atoms with Crippen LogP contribution in [-0.4, -0.2) is 26.8 Å². The van der Waals surface area contributed by atoms with Gasteiger partial charge in [0.2, 0.25) is 0 Å². The van der Waals surface area contributed by atoms with Crippen LogP contribution in [0.3, 0.4) is 0 Å². The van der Waals surface area contributed by atoms with Gasteiger partial charge in [-0.05, 0) is 42.2 Å². The Bertz CT molecular complexity index is 672. The molecule has 2 rings (SSSR count). The molecule has 0 bridgehead atoms. The fourth-order valence-corrected chi connectivity index (χ4v) is 2.46. The van der Waals surface area contributed by atoms with Crippen molar-refractivity contribution in [3.05, 3.63) is 59.2 Å². The molecule has 0 aromatic heterocycles. The highest BCUT2D eigenvalue weighted by Gasteiger charge is 2.09. The van der Waals surface area contributed by atoms with Gasteiger partial charge in [-0.1, -0.05) is 30.3 Å². The van der Waals surface area contributed by atoms with Gasteiger partial charge in [0.05, 0.1) is 14.2 Å². The summed E-state index contributed by atoms with van der Waals surface area (Å²) in [6.07, 6.45) is 0.665. The molecule has 0 atom stereocenters. The Hall–Kier alpha value is -2.69. The summed E-state index contributed by atoms with van der Waals surface area (Å²) in [6.45, 7) is 3.00. The number of urea groups is 1. The summed E-state index contributed by atoms with van der Waals surface area (Å²) in [5.41, 5.74) is 3.09. The summed E-state index contributed by atoms with van der Waals surface area (Å²) in [4.78, 5) is 11.9. The summed E-state index contributed by atoms with van der Waals surface area (Å²) >= 11 is 0. The van der Waals surface area contributed by atoms with Crippen LogP contribution in [0, 0.1) is 6.92 Å². The fourth-order valence-electron chi connectivity index (χ4n) is 2.46. The maximum atomic E-state index is 11.9. The van der Waals surface area contributed by atoms with Crippen LogP contribution in [0.1, 0.15) is 16.7 Å². The van der Waals surface area contributed by atoms with E-state index < -0.39 is 0 Å². The molecule has 0 fully saturated rings. The van der Waals surface area contributed by atoms with Crippen molar-refractivity contribution in [1.82, 2.24) is 10.6 Å². The standard InChI is InChI=1S/C19H24N2O3/c1-14-11-18(24-3)16(12-17(14)23-2)9-10-20-19(22)21-13-15-7-5-4-6-8-15/h4-8,11-12H,9-10,13H2,1-3H3,(H2,20,21,22). The van der Waals surface area contributed by atoms with Crippen LogP contribution in [-0.2, 0) is 13.0 Å². The summed E-state index contributed by atoms with van der Waals surface area (Å²) in [6, 6.07) is 13.5. The van der Waals surface area contributed by atoms with E-state index in [1.807, 2.05) is 49.4 Å². The molecule has 0 unspecified atom stereocenters. The van der Waals surface area contributed by atoms with E-state index in [1.54, 1.807) is 14.2 Å². The van der Waals surface area contributed by atoms with Crippen LogP contribution in [0.25, 0.3) is 0 Å². The zero-order valence-electron chi connectivity index (χ0n) is 14.4. The Morgan fingerprint density at radius 3 is 2.38 bits per heavy atom. The van der Waals surface area contributed by atoms with Crippen LogP contribution in [0.2, 0.25) is 0 Å². The second-order valence-electron chi connectivity index (χ2n) is 5.48. The molecular weight excluding hydrogens is 304 g/mol. The summed E-state index contributed by atoms with van der Waals surface area (Å²) in [5.74, 6) is 1.62. The van der Waals surface area contributed by atoms with E-state index in [0.29, 0.717) is 19.5 Å². The van der Waals surface area contributed by atoms with Gasteiger partial charge in [-0.2, -0.15) is 0 Å². The van der Waals surface area contributed by atoms with Crippen molar-refractivity contribution in [3.8, 4) is 11.5 Å². The normalized spacial score (nSPS) is 10.1. The third-order valence-electron chi connectivity index (χ3n) is 3.77. The second-order valence-corrected chi connectivity index (χ2v) is 5.48. The zero-order valence-corrected chi connectivity index (χ0v) is 14.4. The van der Waals surface area contributed by atoms with E-state index in [-0.39, 0.29) is 6.03 Å². The molecule has 2 N–H and O–H groups in total. The first-order valence-corrected chi connectivity index (χ1v) is 7.91. The fraction of sp³-hybridized carbons (Fsp3) is 0.316. The lowest BCUT2D eigenvalue weighted by Crippen LogP contribution is -2.36. The third kappa shape index (κ3) is 4.91. The predicted octanol–water partition coefficient (Wildman–Crippen LogP) is 3.05. The minimum atomic E-state index is -0.183. The van der Waals surface area contributed by atoms with E-state index in [4.69, 9.17) is 9.47 Å². The molecule has 24 heavy (non-hydrogen) atoms. The Balaban J connectivity index is 1.84. The second kappa shape index (κ2) is 8.82. The van der Waals surface area contributed by atoms with Crippen LogP contribution < -0.4 is 20.1 Å². The number of nitrogens with one attached hydrogen (secondary N) is 2. The minimum absolute atomic E-state index is 0.183. The Morgan fingerprint density at radius 1 is 1.00 bits per heavy atom. The summed E-state index contributed by atoms with van der Waals surface area (Å²) < 4.78 is 10.7. The Morgan fingerprint density at radius 2 is 1.71 bits per heavy atom. The first kappa shape index (κ1) is 17.7. The third-order valence-corrected chi connectivity index (χ3v) is 3.77. The van der Waals surface area contributed by atoms with Crippen molar-refractivity contribution < 1.29 is 14.3 Å². The maximum absolute atomic E-state index is 11.9. The molecule has 0 aliphatic carbocycles. The molecule has 0 saturated heterocycles. The highest BCUT2D eigenvalue weighted by molar-refractivity contribution is 5.73. The van der Waals surface area contributed by atoms with E-state index >= 15 is 0 Å². The number of hydrogen-bond acceptors (Lipinski definition) is 3. The zero-order chi connectivity index (χ0) is 17.4. The van der Waals surface area contributed by atoms with Crippen molar-refractivity contribution in [3.63, 3.8) is 0 Å². The van der Waals surface area contributed by atoms with Gasteiger partial charge in [-0.3, -0.25) is 0 Å². The average molecular weight is 328 g/mol. The molecule has 0 aliphatic heterocycles. The van der Waals surface area contributed by atoms with Gasteiger partial charge in [-0.15, -0.1) is 0 Å². The predicted molar refractivity (Wildman–Crippen MR) is 94.7 cm³/mol. The molecule has 0 saturated carbocycles. The molecule has 2 aromatic rings. The first-order chi connectivity index (χ1) is 11.6. The number of methoxy groups -OCH3 is 2. The van der Waals surface area contributed by atoms with Crippen LogP contribution in [0.15, 0.2) is 42.5 Å². The highest BCUT2D eigenvalue weighted by Crippen LogP contribution is 2.28. The molecule has 0 radical (unpaired) electrons.